The lowest BCUT2D eigenvalue weighted by molar-refractivity contribution is 0.555. The Labute approximate surface area is 127 Å². The molecule has 0 spiro atoms. The van der Waals surface area contributed by atoms with Crippen LogP contribution in [0.4, 0.5) is 0 Å². The summed E-state index contributed by atoms with van der Waals surface area (Å²) in [7, 11) is -5.44. The Morgan fingerprint density at radius 1 is 0.789 bits per heavy atom. The Hall–Kier alpha value is 0.828. The van der Waals surface area contributed by atoms with Crippen LogP contribution in [-0.2, 0) is 0 Å². The van der Waals surface area contributed by atoms with Gasteiger partial charge in [0.05, 0.1) is 0 Å². The maximum Gasteiger partial charge on any atom is 0.205 e. The molecule has 0 rings (SSSR count). The quantitative estimate of drug-likeness (QED) is 0.639. The lowest BCUT2D eigenvalue weighted by atomic mass is 10.4. The molecule has 0 bridgehead atoms. The minimum atomic E-state index is -1.40. The van der Waals surface area contributed by atoms with Crippen LogP contribution in [0.25, 0.3) is 0 Å². The van der Waals surface area contributed by atoms with Gasteiger partial charge in [-0.05, 0) is 9.95 Å². The average molecular weight is 334 g/mol. The van der Waals surface area contributed by atoms with Crippen molar-refractivity contribution in [2.75, 3.05) is 0 Å². The van der Waals surface area contributed by atoms with E-state index in [1.165, 1.54) is 12.8 Å². The van der Waals surface area contributed by atoms with Gasteiger partial charge in [0.1, 0.15) is 0 Å². The molecule has 0 fully saturated rings. The molecule has 0 aromatic carbocycles. The molecule has 0 aromatic rings. The van der Waals surface area contributed by atoms with Crippen molar-refractivity contribution in [2.24, 2.45) is 0 Å². The van der Waals surface area contributed by atoms with Gasteiger partial charge in [-0.3, -0.25) is 0 Å². The average Bonchev–Trinajstić information content (AvgIpc) is 2.07. The molecular formula is C14H37OSi4. The van der Waals surface area contributed by atoms with Gasteiger partial charge in [-0.1, -0.05) is 78.7 Å². The van der Waals surface area contributed by atoms with Crippen LogP contribution in [0.1, 0.15) is 19.8 Å². The lowest BCUT2D eigenvalue weighted by Crippen LogP contribution is -2.72. The van der Waals surface area contributed by atoms with E-state index in [2.05, 4.69) is 65.8 Å². The SMILES string of the molecule is CCCC[Si](O)C([Si](C)(C)C)([Si](C)(C)C)[Si](C)(C)C. The summed E-state index contributed by atoms with van der Waals surface area (Å²) in [5, 5.41) is 0. The van der Waals surface area contributed by atoms with Crippen LogP contribution < -0.4 is 0 Å². The maximum atomic E-state index is 11.3. The van der Waals surface area contributed by atoms with Crippen LogP contribution in [0.15, 0.2) is 0 Å². The van der Waals surface area contributed by atoms with Crippen LogP contribution in [0.2, 0.25) is 68.9 Å². The van der Waals surface area contributed by atoms with E-state index in [1.54, 1.807) is 0 Å². The second-order valence-electron chi connectivity index (χ2n) is 9.05. The number of hydrogen-bond donors (Lipinski definition) is 1. The normalized spacial score (nSPS) is 15.2. The van der Waals surface area contributed by atoms with Crippen LogP contribution in [0.5, 0.6) is 0 Å². The summed E-state index contributed by atoms with van der Waals surface area (Å²) in [5.74, 6) is 0. The van der Waals surface area contributed by atoms with Crippen molar-refractivity contribution in [1.82, 2.24) is 0 Å². The largest absolute Gasteiger partial charge is 0.432 e. The maximum absolute atomic E-state index is 11.3. The monoisotopic (exact) mass is 333 g/mol. The topological polar surface area (TPSA) is 20.2 Å². The first-order chi connectivity index (χ1) is 8.23. The third-order valence-electron chi connectivity index (χ3n) is 4.58. The molecule has 1 nitrogen and oxygen atoms in total. The van der Waals surface area contributed by atoms with Crippen molar-refractivity contribution in [3.8, 4) is 0 Å². The molecule has 0 saturated carbocycles. The van der Waals surface area contributed by atoms with Crippen molar-refractivity contribution >= 4 is 33.3 Å². The zero-order valence-electron chi connectivity index (χ0n) is 15.1. The van der Waals surface area contributed by atoms with Crippen molar-refractivity contribution in [3.05, 3.63) is 0 Å². The molecule has 5 heteroatoms. The number of unbranched alkanes of at least 4 members (excludes halogenated alkanes) is 1. The van der Waals surface area contributed by atoms with Gasteiger partial charge in [-0.25, -0.2) is 0 Å². The van der Waals surface area contributed by atoms with Crippen LogP contribution in [0, 0.1) is 0 Å². The van der Waals surface area contributed by atoms with Gasteiger partial charge in [0.2, 0.25) is 9.04 Å². The standard InChI is InChI=1S/C14H37OSi4/c1-11-12-13-16(15)14(17(2,3)4,18(5,6)7)19(8,9)10/h15H,11-13H2,1-10H3. The first kappa shape index (κ1) is 19.8. The van der Waals surface area contributed by atoms with Crippen molar-refractivity contribution in [1.29, 1.82) is 0 Å². The second kappa shape index (κ2) is 6.30. The molecule has 0 aliphatic carbocycles. The van der Waals surface area contributed by atoms with Crippen molar-refractivity contribution in [3.63, 3.8) is 0 Å². The summed E-state index contributed by atoms with van der Waals surface area (Å²) < 4.78 is 0.396. The molecule has 0 amide bonds. The predicted octanol–water partition coefficient (Wildman–Crippen LogP) is 5.14. The molecule has 19 heavy (non-hydrogen) atoms. The Morgan fingerprint density at radius 3 is 1.32 bits per heavy atom. The predicted molar refractivity (Wildman–Crippen MR) is 100 cm³/mol. The Morgan fingerprint density at radius 2 is 1.11 bits per heavy atom. The molecule has 0 unspecified atom stereocenters. The van der Waals surface area contributed by atoms with E-state index < -0.39 is 33.3 Å². The fourth-order valence-corrected chi connectivity index (χ4v) is 44.8. The van der Waals surface area contributed by atoms with E-state index in [-0.39, 0.29) is 0 Å². The van der Waals surface area contributed by atoms with Crippen LogP contribution in [-0.4, -0.2) is 38.1 Å². The third-order valence-corrected chi connectivity index (χ3v) is 35.9. The summed E-state index contributed by atoms with van der Waals surface area (Å²) in [6.07, 6.45) is 2.43. The highest BCUT2D eigenvalue weighted by Crippen LogP contribution is 2.55. The molecule has 0 aliphatic rings. The second-order valence-corrected chi connectivity index (χ2v) is 29.9. The zero-order chi connectivity index (χ0) is 15.7. The van der Waals surface area contributed by atoms with Gasteiger partial charge >= 0.3 is 0 Å². The van der Waals surface area contributed by atoms with Gasteiger partial charge in [0, 0.05) is 24.2 Å². The third kappa shape index (κ3) is 3.73. The Kier molecular flexibility index (Phi) is 6.57. The van der Waals surface area contributed by atoms with E-state index in [1.807, 2.05) is 0 Å². The number of hydrogen-bond acceptors (Lipinski definition) is 1. The van der Waals surface area contributed by atoms with Crippen molar-refractivity contribution < 1.29 is 4.80 Å². The minimum absolute atomic E-state index is 0.396. The van der Waals surface area contributed by atoms with Crippen LogP contribution in [0.3, 0.4) is 0 Å². The molecule has 0 aliphatic heterocycles. The lowest BCUT2D eigenvalue weighted by Gasteiger charge is -2.60. The van der Waals surface area contributed by atoms with E-state index >= 15 is 0 Å². The van der Waals surface area contributed by atoms with Gasteiger partial charge in [-0.15, -0.1) is 0 Å². The van der Waals surface area contributed by atoms with Gasteiger partial charge < -0.3 is 4.80 Å². The van der Waals surface area contributed by atoms with E-state index in [9.17, 15) is 4.80 Å². The molecule has 1 radical (unpaired) electrons. The fraction of sp³-hybridized carbons (Fsp3) is 1.00. The van der Waals surface area contributed by atoms with Crippen LogP contribution >= 0.6 is 0 Å². The minimum Gasteiger partial charge on any atom is -0.432 e. The molecule has 0 aromatic heterocycles. The summed E-state index contributed by atoms with van der Waals surface area (Å²) in [6, 6.07) is 1.11. The highest BCUT2D eigenvalue weighted by molar-refractivity contribution is 7.25. The highest BCUT2D eigenvalue weighted by atomic mass is 28.5. The summed E-state index contributed by atoms with van der Waals surface area (Å²) in [6.45, 7) is 25.0. The Bertz CT molecular complexity index is 247. The molecule has 1 N–H and O–H groups in total. The zero-order valence-corrected chi connectivity index (χ0v) is 19.1. The molecule has 0 saturated heterocycles. The first-order valence-corrected chi connectivity index (χ1v) is 19.9. The summed E-state index contributed by atoms with van der Waals surface area (Å²) in [5.41, 5.74) is 0. The van der Waals surface area contributed by atoms with Crippen molar-refractivity contribution in [2.45, 2.75) is 88.6 Å². The van der Waals surface area contributed by atoms with Gasteiger partial charge in [0.15, 0.2) is 0 Å². The smallest absolute Gasteiger partial charge is 0.205 e. The van der Waals surface area contributed by atoms with E-state index in [0.29, 0.717) is 3.91 Å². The van der Waals surface area contributed by atoms with E-state index in [0.717, 1.165) is 6.04 Å². The Balaban J connectivity index is 5.96. The van der Waals surface area contributed by atoms with Gasteiger partial charge in [-0.2, -0.15) is 0 Å². The molecule has 0 atom stereocenters. The molecular weight excluding hydrogens is 296 g/mol. The fourth-order valence-electron chi connectivity index (χ4n) is 5.21. The van der Waals surface area contributed by atoms with Gasteiger partial charge in [0.25, 0.3) is 0 Å². The molecule has 0 heterocycles. The molecule has 115 valence electrons. The first-order valence-electron chi connectivity index (χ1n) is 7.78. The number of rotatable bonds is 7. The highest BCUT2D eigenvalue weighted by Gasteiger charge is 2.64. The van der Waals surface area contributed by atoms with E-state index in [4.69, 9.17) is 0 Å². The summed E-state index contributed by atoms with van der Waals surface area (Å²) >= 11 is 0. The summed E-state index contributed by atoms with van der Waals surface area (Å²) in [4.78, 5) is 11.3.